The molecule has 156 valence electrons. The van der Waals surface area contributed by atoms with E-state index in [4.69, 9.17) is 28.4 Å². The molecular weight excluding hydrogens is 374 g/mol. The summed E-state index contributed by atoms with van der Waals surface area (Å²) in [7, 11) is 1.39. The van der Waals surface area contributed by atoms with Gasteiger partial charge in [0, 0.05) is 0 Å². The quantitative estimate of drug-likeness (QED) is 0.629. The third-order valence-corrected chi connectivity index (χ3v) is 5.61. The van der Waals surface area contributed by atoms with E-state index in [0.29, 0.717) is 13.0 Å². The molecule has 3 rings (SSSR count). The number of ether oxygens (including phenoxy) is 6. The van der Waals surface area contributed by atoms with Gasteiger partial charge in [-0.1, -0.05) is 0 Å². The van der Waals surface area contributed by atoms with Crippen LogP contribution in [0.5, 0.6) is 0 Å². The zero-order chi connectivity index (χ0) is 19.9. The molecule has 3 fully saturated rings. The molecular formula is C18H31NO7S. The molecule has 0 spiro atoms. The van der Waals surface area contributed by atoms with E-state index >= 15 is 0 Å². The van der Waals surface area contributed by atoms with Crippen molar-refractivity contribution in [1.82, 2.24) is 5.32 Å². The highest BCUT2D eigenvalue weighted by Gasteiger charge is 2.65. The van der Waals surface area contributed by atoms with Crippen molar-refractivity contribution >= 4 is 17.7 Å². The van der Waals surface area contributed by atoms with Crippen molar-refractivity contribution in [3.8, 4) is 0 Å². The van der Waals surface area contributed by atoms with Crippen LogP contribution in [-0.4, -0.2) is 80.0 Å². The molecule has 8 nitrogen and oxygen atoms in total. The molecule has 27 heavy (non-hydrogen) atoms. The van der Waals surface area contributed by atoms with Crippen molar-refractivity contribution in [1.29, 1.82) is 0 Å². The predicted molar refractivity (Wildman–Crippen MR) is 99.4 cm³/mol. The Kier molecular flexibility index (Phi) is 6.13. The van der Waals surface area contributed by atoms with Crippen molar-refractivity contribution in [2.45, 2.75) is 75.8 Å². The molecule has 0 aromatic carbocycles. The van der Waals surface area contributed by atoms with Crippen LogP contribution in [-0.2, 0) is 33.2 Å². The number of hydrogen-bond donors (Lipinski definition) is 1. The Morgan fingerprint density at radius 1 is 1.22 bits per heavy atom. The van der Waals surface area contributed by atoms with Crippen LogP contribution in [0.25, 0.3) is 0 Å². The molecule has 0 aromatic heterocycles. The Balaban J connectivity index is 1.76. The van der Waals surface area contributed by atoms with Gasteiger partial charge < -0.3 is 28.4 Å². The van der Waals surface area contributed by atoms with E-state index in [9.17, 15) is 4.79 Å². The maximum Gasteiger partial charge on any atom is 0.322 e. The monoisotopic (exact) mass is 405 g/mol. The standard InChI is InChI=1S/C18H31NO7S/c1-16(2)23-12-9-22-18(10-19-11(7-8-27-6)15(20)21-5)14(13(12)24-16)25-17(3,4)26-18/h11-14,19H,7-10H2,1-6H3/t11-,12+,13+,14-,18-/m0/s1. The lowest BCUT2D eigenvalue weighted by Crippen LogP contribution is -2.63. The fraction of sp³-hybridized carbons (Fsp3) is 0.944. The molecule has 0 bridgehead atoms. The highest BCUT2D eigenvalue weighted by molar-refractivity contribution is 7.98. The van der Waals surface area contributed by atoms with E-state index in [1.165, 1.54) is 7.11 Å². The zero-order valence-electron chi connectivity index (χ0n) is 16.9. The summed E-state index contributed by atoms with van der Waals surface area (Å²) < 4.78 is 35.4. The second kappa shape index (κ2) is 7.78. The number of esters is 1. The van der Waals surface area contributed by atoms with Crippen LogP contribution >= 0.6 is 11.8 Å². The van der Waals surface area contributed by atoms with E-state index in [1.54, 1.807) is 11.8 Å². The molecule has 0 unspecified atom stereocenters. The van der Waals surface area contributed by atoms with Crippen molar-refractivity contribution in [3.05, 3.63) is 0 Å². The molecule has 0 saturated carbocycles. The second-order valence-electron chi connectivity index (χ2n) is 8.04. The largest absolute Gasteiger partial charge is 0.468 e. The Morgan fingerprint density at radius 3 is 2.63 bits per heavy atom. The van der Waals surface area contributed by atoms with Gasteiger partial charge in [-0.05, 0) is 46.1 Å². The Bertz CT molecular complexity index is 558. The first-order chi connectivity index (χ1) is 12.6. The van der Waals surface area contributed by atoms with Gasteiger partial charge in [-0.3, -0.25) is 10.1 Å². The number of carbonyl (C=O) groups is 1. The lowest BCUT2D eigenvalue weighted by molar-refractivity contribution is -0.278. The molecule has 9 heteroatoms. The molecule has 0 aromatic rings. The molecule has 3 saturated heterocycles. The van der Waals surface area contributed by atoms with Gasteiger partial charge in [0.2, 0.25) is 5.79 Å². The predicted octanol–water partition coefficient (Wildman–Crippen LogP) is 1.27. The maximum atomic E-state index is 12.1. The second-order valence-corrected chi connectivity index (χ2v) is 9.03. The van der Waals surface area contributed by atoms with Crippen LogP contribution in [0, 0.1) is 0 Å². The summed E-state index contributed by atoms with van der Waals surface area (Å²) in [5.41, 5.74) is 0. The number of nitrogens with one attached hydrogen (secondary N) is 1. The number of fused-ring (bicyclic) bond motifs is 3. The first-order valence-corrected chi connectivity index (χ1v) is 10.7. The molecule has 5 atom stereocenters. The fourth-order valence-corrected chi connectivity index (χ4v) is 4.40. The number of rotatable bonds is 7. The van der Waals surface area contributed by atoms with Crippen molar-refractivity contribution in [2.75, 3.05) is 32.3 Å². The van der Waals surface area contributed by atoms with E-state index in [0.717, 1.165) is 5.75 Å². The van der Waals surface area contributed by atoms with E-state index in [-0.39, 0.29) is 24.7 Å². The third kappa shape index (κ3) is 4.44. The highest BCUT2D eigenvalue weighted by atomic mass is 32.2. The van der Waals surface area contributed by atoms with Gasteiger partial charge in [-0.25, -0.2) is 0 Å². The van der Waals surface area contributed by atoms with Gasteiger partial charge in [0.15, 0.2) is 11.6 Å². The van der Waals surface area contributed by atoms with Gasteiger partial charge in [-0.15, -0.1) is 0 Å². The minimum absolute atomic E-state index is 0.219. The van der Waals surface area contributed by atoms with E-state index < -0.39 is 29.5 Å². The summed E-state index contributed by atoms with van der Waals surface area (Å²) in [6, 6.07) is -0.441. The highest BCUT2D eigenvalue weighted by Crippen LogP contribution is 2.47. The van der Waals surface area contributed by atoms with Crippen LogP contribution in [0.15, 0.2) is 0 Å². The van der Waals surface area contributed by atoms with Gasteiger partial charge in [0.25, 0.3) is 0 Å². The van der Waals surface area contributed by atoms with Crippen LogP contribution in [0.2, 0.25) is 0 Å². The van der Waals surface area contributed by atoms with Crippen LogP contribution in [0.4, 0.5) is 0 Å². The van der Waals surface area contributed by atoms with Gasteiger partial charge >= 0.3 is 5.97 Å². The molecule has 3 heterocycles. The number of hydrogen-bond acceptors (Lipinski definition) is 9. The number of thioether (sulfide) groups is 1. The Hall–Kier alpha value is -0.420. The average Bonchev–Trinajstić information content (AvgIpc) is 3.05. The summed E-state index contributed by atoms with van der Waals surface area (Å²) in [6.45, 7) is 8.06. The summed E-state index contributed by atoms with van der Waals surface area (Å²) in [6.07, 6.45) is 1.66. The summed E-state index contributed by atoms with van der Waals surface area (Å²) in [5.74, 6) is -2.06. The minimum Gasteiger partial charge on any atom is -0.468 e. The van der Waals surface area contributed by atoms with Gasteiger partial charge in [0.1, 0.15) is 24.4 Å². The van der Waals surface area contributed by atoms with Gasteiger partial charge in [-0.2, -0.15) is 11.8 Å². The molecule has 0 aliphatic carbocycles. The maximum absolute atomic E-state index is 12.1. The lowest BCUT2D eigenvalue weighted by Gasteiger charge is -2.41. The normalized spacial score (nSPS) is 37.5. The Morgan fingerprint density at radius 2 is 1.96 bits per heavy atom. The van der Waals surface area contributed by atoms with Crippen LogP contribution in [0.1, 0.15) is 34.1 Å². The summed E-state index contributed by atoms with van der Waals surface area (Å²) >= 11 is 1.68. The van der Waals surface area contributed by atoms with Crippen molar-refractivity contribution in [2.24, 2.45) is 0 Å². The number of carbonyl (C=O) groups excluding carboxylic acids is 1. The van der Waals surface area contributed by atoms with Crippen LogP contribution < -0.4 is 5.32 Å². The molecule has 1 N–H and O–H groups in total. The molecule has 0 amide bonds. The van der Waals surface area contributed by atoms with Crippen molar-refractivity contribution in [3.63, 3.8) is 0 Å². The third-order valence-electron chi connectivity index (χ3n) is 4.97. The average molecular weight is 406 g/mol. The number of methoxy groups -OCH3 is 1. The SMILES string of the molecule is COC(=O)[C@H](CCSC)NC[C@@]12OC[C@H]3OC(C)(C)O[C@H]3[C@@H]1OC(C)(C)O2. The smallest absolute Gasteiger partial charge is 0.322 e. The summed E-state index contributed by atoms with van der Waals surface area (Å²) in [4.78, 5) is 12.1. The minimum atomic E-state index is -1.06. The molecule has 3 aliphatic rings. The Labute approximate surface area is 164 Å². The molecule has 0 radical (unpaired) electrons. The molecule has 3 aliphatic heterocycles. The lowest BCUT2D eigenvalue weighted by atomic mass is 9.96. The van der Waals surface area contributed by atoms with Crippen molar-refractivity contribution < 1.29 is 33.2 Å². The first kappa shape index (κ1) is 21.3. The van der Waals surface area contributed by atoms with E-state index in [2.05, 4.69) is 5.32 Å². The summed E-state index contributed by atoms with van der Waals surface area (Å²) in [5, 5.41) is 3.26. The van der Waals surface area contributed by atoms with E-state index in [1.807, 2.05) is 34.0 Å². The zero-order valence-corrected chi connectivity index (χ0v) is 17.7. The van der Waals surface area contributed by atoms with Crippen LogP contribution in [0.3, 0.4) is 0 Å². The first-order valence-electron chi connectivity index (χ1n) is 9.29. The fourth-order valence-electron chi connectivity index (χ4n) is 3.93. The topological polar surface area (TPSA) is 84.5 Å². The van der Waals surface area contributed by atoms with Gasteiger partial charge in [0.05, 0.1) is 20.3 Å².